The summed E-state index contributed by atoms with van der Waals surface area (Å²) in [6.45, 7) is 4.55. The molecular formula is C12H22BNS2. The SMILES string of the molecule is BC1CCCCC2C(C1)SC(=S)N2C(C)C. The number of nitrogens with zero attached hydrogens (tertiary/aromatic N) is 1. The molecule has 0 aromatic carbocycles. The minimum atomic E-state index is 0.574. The smallest absolute Gasteiger partial charge is 0.137 e. The Balaban J connectivity index is 2.12. The predicted molar refractivity (Wildman–Crippen MR) is 80.1 cm³/mol. The van der Waals surface area contributed by atoms with Gasteiger partial charge in [-0.05, 0) is 26.7 Å². The molecule has 2 aliphatic rings. The van der Waals surface area contributed by atoms with E-state index in [2.05, 4.69) is 26.6 Å². The fourth-order valence-electron chi connectivity index (χ4n) is 3.07. The Labute approximate surface area is 110 Å². The summed E-state index contributed by atoms with van der Waals surface area (Å²) in [5.41, 5.74) is 0. The summed E-state index contributed by atoms with van der Waals surface area (Å²) in [4.78, 5) is 2.50. The summed E-state index contributed by atoms with van der Waals surface area (Å²) in [5, 5.41) is 0.769. The highest BCUT2D eigenvalue weighted by Crippen LogP contribution is 2.42. The molecule has 1 aliphatic heterocycles. The highest BCUT2D eigenvalue weighted by molar-refractivity contribution is 8.23. The second-order valence-electron chi connectivity index (χ2n) is 5.62. The van der Waals surface area contributed by atoms with Crippen molar-refractivity contribution in [2.75, 3.05) is 0 Å². The highest BCUT2D eigenvalue weighted by atomic mass is 32.2. The van der Waals surface area contributed by atoms with Crippen molar-refractivity contribution in [3.05, 3.63) is 0 Å². The quantitative estimate of drug-likeness (QED) is 0.524. The third-order valence-corrected chi connectivity index (χ3v) is 5.61. The molecule has 0 aromatic heterocycles. The van der Waals surface area contributed by atoms with E-state index in [-0.39, 0.29) is 0 Å². The van der Waals surface area contributed by atoms with E-state index in [4.69, 9.17) is 12.2 Å². The Morgan fingerprint density at radius 3 is 2.75 bits per heavy atom. The molecule has 2 fully saturated rings. The molecule has 1 aliphatic carbocycles. The molecule has 3 unspecified atom stereocenters. The molecule has 1 nitrogen and oxygen atoms in total. The van der Waals surface area contributed by atoms with Crippen LogP contribution in [0.5, 0.6) is 0 Å². The lowest BCUT2D eigenvalue weighted by Crippen LogP contribution is -2.41. The van der Waals surface area contributed by atoms with Gasteiger partial charge in [0.25, 0.3) is 0 Å². The fourth-order valence-corrected chi connectivity index (χ4v) is 5.36. The van der Waals surface area contributed by atoms with Gasteiger partial charge in [-0.1, -0.05) is 49.1 Å². The van der Waals surface area contributed by atoms with Crippen molar-refractivity contribution in [1.82, 2.24) is 4.90 Å². The van der Waals surface area contributed by atoms with Crippen LogP contribution in [0.4, 0.5) is 0 Å². The van der Waals surface area contributed by atoms with Gasteiger partial charge in [0, 0.05) is 17.3 Å². The van der Waals surface area contributed by atoms with Gasteiger partial charge in [0.2, 0.25) is 0 Å². The number of thioether (sulfide) groups is 1. The van der Waals surface area contributed by atoms with Crippen LogP contribution in [0.25, 0.3) is 0 Å². The second-order valence-corrected chi connectivity index (χ2v) is 7.49. The van der Waals surface area contributed by atoms with Gasteiger partial charge in [0.1, 0.15) is 12.2 Å². The first-order valence-corrected chi connectivity index (χ1v) is 7.87. The number of thiocarbonyl (C=S) groups is 1. The van der Waals surface area contributed by atoms with Crippen molar-refractivity contribution in [3.8, 4) is 0 Å². The van der Waals surface area contributed by atoms with Gasteiger partial charge in [-0.3, -0.25) is 0 Å². The molecule has 2 rings (SSSR count). The van der Waals surface area contributed by atoms with E-state index >= 15 is 0 Å². The zero-order valence-corrected chi connectivity index (χ0v) is 12.2. The molecule has 4 heteroatoms. The lowest BCUT2D eigenvalue weighted by Gasteiger charge is -2.34. The molecular weight excluding hydrogens is 233 g/mol. The summed E-state index contributed by atoms with van der Waals surface area (Å²) in [6.07, 6.45) is 6.92. The van der Waals surface area contributed by atoms with Gasteiger partial charge < -0.3 is 4.90 Å². The molecule has 16 heavy (non-hydrogen) atoms. The molecule has 90 valence electrons. The van der Waals surface area contributed by atoms with Crippen LogP contribution in [0.2, 0.25) is 5.82 Å². The summed E-state index contributed by atoms with van der Waals surface area (Å²) < 4.78 is 1.15. The summed E-state index contributed by atoms with van der Waals surface area (Å²) in [5.74, 6) is 0.884. The topological polar surface area (TPSA) is 3.24 Å². The Morgan fingerprint density at radius 1 is 1.38 bits per heavy atom. The highest BCUT2D eigenvalue weighted by Gasteiger charge is 2.39. The van der Waals surface area contributed by atoms with Crippen LogP contribution in [0.15, 0.2) is 0 Å². The van der Waals surface area contributed by atoms with Gasteiger partial charge in [0.15, 0.2) is 0 Å². The van der Waals surface area contributed by atoms with Crippen LogP contribution in [-0.2, 0) is 0 Å². The molecule has 0 spiro atoms. The predicted octanol–water partition coefficient (Wildman–Crippen LogP) is 2.85. The summed E-state index contributed by atoms with van der Waals surface area (Å²) in [6, 6.07) is 1.30. The zero-order valence-electron chi connectivity index (χ0n) is 10.6. The normalized spacial score (nSPS) is 36.1. The van der Waals surface area contributed by atoms with Crippen LogP contribution in [0.3, 0.4) is 0 Å². The molecule has 0 radical (unpaired) electrons. The first kappa shape index (κ1) is 12.8. The molecule has 1 saturated carbocycles. The van der Waals surface area contributed by atoms with E-state index in [9.17, 15) is 0 Å². The van der Waals surface area contributed by atoms with Crippen molar-refractivity contribution in [3.63, 3.8) is 0 Å². The number of hydrogen-bond acceptors (Lipinski definition) is 2. The van der Waals surface area contributed by atoms with Gasteiger partial charge in [0.05, 0.1) is 0 Å². The van der Waals surface area contributed by atoms with E-state index in [1.165, 1.54) is 32.1 Å². The third-order valence-electron chi connectivity index (χ3n) is 3.89. The van der Waals surface area contributed by atoms with Gasteiger partial charge in [-0.25, -0.2) is 0 Å². The molecule has 1 heterocycles. The minimum absolute atomic E-state index is 0.574. The molecule has 0 amide bonds. The largest absolute Gasteiger partial charge is 0.351 e. The van der Waals surface area contributed by atoms with Crippen molar-refractivity contribution < 1.29 is 0 Å². The zero-order chi connectivity index (χ0) is 11.7. The van der Waals surface area contributed by atoms with Crippen LogP contribution < -0.4 is 0 Å². The Kier molecular flexibility index (Phi) is 4.23. The van der Waals surface area contributed by atoms with Crippen molar-refractivity contribution in [2.45, 2.75) is 69.1 Å². The van der Waals surface area contributed by atoms with E-state index in [0.717, 1.165) is 21.4 Å². The van der Waals surface area contributed by atoms with Crippen LogP contribution in [0, 0.1) is 0 Å². The average Bonchev–Trinajstić information content (AvgIpc) is 2.46. The molecule has 0 aromatic rings. The van der Waals surface area contributed by atoms with E-state index < -0.39 is 0 Å². The minimum Gasteiger partial charge on any atom is -0.351 e. The van der Waals surface area contributed by atoms with Crippen LogP contribution in [0.1, 0.15) is 46.0 Å². The number of fused-ring (bicyclic) bond motifs is 1. The maximum atomic E-state index is 5.55. The lowest BCUT2D eigenvalue weighted by molar-refractivity contribution is 0.243. The van der Waals surface area contributed by atoms with Crippen molar-refractivity contribution in [1.29, 1.82) is 0 Å². The number of hydrogen-bond donors (Lipinski definition) is 0. The number of rotatable bonds is 1. The van der Waals surface area contributed by atoms with E-state index in [0.29, 0.717) is 6.04 Å². The summed E-state index contributed by atoms with van der Waals surface area (Å²) in [7, 11) is 2.41. The summed E-state index contributed by atoms with van der Waals surface area (Å²) >= 11 is 7.52. The van der Waals surface area contributed by atoms with Crippen LogP contribution in [-0.4, -0.2) is 34.4 Å². The average molecular weight is 255 g/mol. The Bertz CT molecular complexity index is 270. The van der Waals surface area contributed by atoms with E-state index in [1.807, 2.05) is 11.8 Å². The fraction of sp³-hybridized carbons (Fsp3) is 0.917. The lowest BCUT2D eigenvalue weighted by atomic mass is 9.76. The Hall–Kier alpha value is 0.305. The monoisotopic (exact) mass is 255 g/mol. The standard InChI is InChI=1S/C12H22BNS2/c1-8(2)14-10-6-4-3-5-9(13)7-11(10)16-12(14)15/h8-11H,3-7,13H2,1-2H3. The Morgan fingerprint density at radius 2 is 2.06 bits per heavy atom. The molecule has 3 atom stereocenters. The third kappa shape index (κ3) is 2.58. The maximum Gasteiger partial charge on any atom is 0.137 e. The molecule has 1 saturated heterocycles. The molecule has 0 bridgehead atoms. The maximum absolute atomic E-state index is 5.55. The second kappa shape index (κ2) is 5.30. The van der Waals surface area contributed by atoms with Crippen LogP contribution >= 0.6 is 24.0 Å². The van der Waals surface area contributed by atoms with Crippen molar-refractivity contribution >= 4 is 36.1 Å². The molecule has 0 N–H and O–H groups in total. The van der Waals surface area contributed by atoms with Gasteiger partial charge in [-0.15, -0.1) is 0 Å². The first-order valence-electron chi connectivity index (χ1n) is 6.58. The van der Waals surface area contributed by atoms with E-state index in [1.54, 1.807) is 0 Å². The van der Waals surface area contributed by atoms with Gasteiger partial charge >= 0.3 is 0 Å². The van der Waals surface area contributed by atoms with Crippen molar-refractivity contribution in [2.24, 2.45) is 0 Å². The first-order chi connectivity index (χ1) is 7.59. The van der Waals surface area contributed by atoms with Gasteiger partial charge in [-0.2, -0.15) is 0 Å².